The summed E-state index contributed by atoms with van der Waals surface area (Å²) in [6.45, 7) is 2.03. The number of halogens is 3. The maximum atomic E-state index is 14.9. The highest BCUT2D eigenvalue weighted by Crippen LogP contribution is 2.31. The molecule has 0 aliphatic rings. The third kappa shape index (κ3) is 4.81. The van der Waals surface area contributed by atoms with Crippen molar-refractivity contribution in [3.05, 3.63) is 107 Å². The quantitative estimate of drug-likeness (QED) is 0.246. The van der Waals surface area contributed by atoms with Gasteiger partial charge in [-0.15, -0.1) is 0 Å². The van der Waals surface area contributed by atoms with Crippen molar-refractivity contribution in [2.75, 3.05) is 5.73 Å². The molecule has 2 radical (unpaired) electrons. The molecule has 0 amide bonds. The minimum Gasteiger partial charge on any atom is -0.394 e. The normalized spacial score (nSPS) is 10.5. The maximum Gasteiger partial charge on any atom is 0.149 e. The number of benzene rings is 4. The molecule has 1 nitrogen and oxygen atoms in total. The standard InChI is InChI=1S/C28H19BF3N/c1-2-18-13-20(8-7-19(18)6-3-17-4-10-23(29)11-5-17)21-9-12-24(25(30)14-21)22-15-26(31)28(33)27(32)16-22/h4-5,7-16H,2,33H2,1H3. The lowest BCUT2D eigenvalue weighted by molar-refractivity contribution is 0.591. The second kappa shape index (κ2) is 9.30. The zero-order valence-corrected chi connectivity index (χ0v) is 17.9. The Hall–Kier alpha value is -3.91. The van der Waals surface area contributed by atoms with Gasteiger partial charge >= 0.3 is 0 Å². The van der Waals surface area contributed by atoms with E-state index in [9.17, 15) is 13.2 Å². The third-order valence-corrected chi connectivity index (χ3v) is 5.43. The van der Waals surface area contributed by atoms with E-state index in [1.54, 1.807) is 18.2 Å². The molecule has 0 heterocycles. The molecule has 0 saturated carbocycles. The van der Waals surface area contributed by atoms with Gasteiger partial charge in [0.25, 0.3) is 0 Å². The molecule has 4 aromatic rings. The van der Waals surface area contributed by atoms with Crippen LogP contribution in [-0.4, -0.2) is 7.85 Å². The van der Waals surface area contributed by atoms with Crippen molar-refractivity contribution in [2.24, 2.45) is 0 Å². The van der Waals surface area contributed by atoms with E-state index < -0.39 is 23.1 Å². The van der Waals surface area contributed by atoms with Gasteiger partial charge < -0.3 is 5.73 Å². The lowest BCUT2D eigenvalue weighted by Gasteiger charge is -2.10. The fourth-order valence-corrected chi connectivity index (χ4v) is 3.56. The predicted octanol–water partition coefficient (Wildman–Crippen LogP) is 5.78. The molecule has 0 aromatic heterocycles. The fourth-order valence-electron chi connectivity index (χ4n) is 3.56. The van der Waals surface area contributed by atoms with Crippen LogP contribution in [0.1, 0.15) is 23.6 Å². The van der Waals surface area contributed by atoms with E-state index in [1.165, 1.54) is 12.1 Å². The molecule has 2 N–H and O–H groups in total. The number of nitrogen functional groups attached to an aromatic ring is 1. The van der Waals surface area contributed by atoms with Crippen molar-refractivity contribution in [3.63, 3.8) is 0 Å². The van der Waals surface area contributed by atoms with Crippen molar-refractivity contribution < 1.29 is 13.2 Å². The van der Waals surface area contributed by atoms with Crippen molar-refractivity contribution in [1.82, 2.24) is 0 Å². The highest BCUT2D eigenvalue weighted by atomic mass is 19.1. The lowest BCUT2D eigenvalue weighted by atomic mass is 9.94. The van der Waals surface area contributed by atoms with Gasteiger partial charge in [-0.25, -0.2) is 13.2 Å². The molecule has 0 spiro atoms. The molecule has 0 saturated heterocycles. The molecule has 4 aromatic carbocycles. The number of nitrogens with two attached hydrogens (primary N) is 1. The molecule has 0 fully saturated rings. The summed E-state index contributed by atoms with van der Waals surface area (Å²) in [6, 6.07) is 19.8. The molecule has 0 aliphatic carbocycles. The van der Waals surface area contributed by atoms with Gasteiger partial charge in [-0.2, -0.15) is 0 Å². The first kappa shape index (κ1) is 22.3. The SMILES string of the molecule is [B]c1ccc(C#Cc2ccc(-c3ccc(-c4cc(F)c(N)c(F)c4)c(F)c3)cc2CC)cc1. The summed E-state index contributed by atoms with van der Waals surface area (Å²) in [7, 11) is 5.71. The van der Waals surface area contributed by atoms with Crippen LogP contribution in [0.3, 0.4) is 0 Å². The van der Waals surface area contributed by atoms with Crippen LogP contribution >= 0.6 is 0 Å². The Morgan fingerprint density at radius 3 is 1.97 bits per heavy atom. The van der Waals surface area contributed by atoms with Crippen molar-refractivity contribution in [3.8, 4) is 34.1 Å². The van der Waals surface area contributed by atoms with Gasteiger partial charge in [0.15, 0.2) is 0 Å². The smallest absolute Gasteiger partial charge is 0.149 e. The van der Waals surface area contributed by atoms with E-state index in [2.05, 4.69) is 11.8 Å². The molecule has 160 valence electrons. The van der Waals surface area contributed by atoms with E-state index in [1.807, 2.05) is 37.3 Å². The van der Waals surface area contributed by atoms with Gasteiger partial charge in [0.1, 0.15) is 31.0 Å². The Morgan fingerprint density at radius 1 is 0.727 bits per heavy atom. The summed E-state index contributed by atoms with van der Waals surface area (Å²) < 4.78 is 42.5. The Labute approximate surface area is 192 Å². The van der Waals surface area contributed by atoms with Crippen LogP contribution in [0.25, 0.3) is 22.3 Å². The molecular formula is C28H19BF3N. The molecule has 5 heteroatoms. The number of anilines is 1. The van der Waals surface area contributed by atoms with Crippen LogP contribution in [0.2, 0.25) is 0 Å². The van der Waals surface area contributed by atoms with Gasteiger partial charge in [-0.1, -0.05) is 54.6 Å². The molecule has 0 aliphatic heterocycles. The zero-order valence-electron chi connectivity index (χ0n) is 17.9. The summed E-state index contributed by atoms with van der Waals surface area (Å²) >= 11 is 0. The van der Waals surface area contributed by atoms with Crippen LogP contribution in [0.5, 0.6) is 0 Å². The van der Waals surface area contributed by atoms with E-state index in [0.717, 1.165) is 40.8 Å². The van der Waals surface area contributed by atoms with Gasteiger partial charge in [0.2, 0.25) is 0 Å². The molecule has 0 atom stereocenters. The van der Waals surface area contributed by atoms with Gasteiger partial charge in [-0.05, 0) is 71.1 Å². The Balaban J connectivity index is 1.66. The van der Waals surface area contributed by atoms with E-state index in [4.69, 9.17) is 13.6 Å². The number of aryl methyl sites for hydroxylation is 1. The summed E-state index contributed by atoms with van der Waals surface area (Å²) in [6.07, 6.45) is 0.754. The Kier molecular flexibility index (Phi) is 6.28. The monoisotopic (exact) mass is 437 g/mol. The van der Waals surface area contributed by atoms with E-state index in [0.29, 0.717) is 11.0 Å². The van der Waals surface area contributed by atoms with Gasteiger partial charge in [0, 0.05) is 16.7 Å². The number of hydrogen-bond donors (Lipinski definition) is 1. The van der Waals surface area contributed by atoms with Crippen LogP contribution in [0.15, 0.2) is 72.8 Å². The first-order valence-electron chi connectivity index (χ1n) is 10.4. The van der Waals surface area contributed by atoms with Crippen LogP contribution in [0.4, 0.5) is 18.9 Å². The predicted molar refractivity (Wildman–Crippen MR) is 129 cm³/mol. The summed E-state index contributed by atoms with van der Waals surface area (Å²) in [5.74, 6) is 3.90. The Morgan fingerprint density at radius 2 is 1.33 bits per heavy atom. The average Bonchev–Trinajstić information content (AvgIpc) is 2.81. The zero-order chi connectivity index (χ0) is 23.5. The van der Waals surface area contributed by atoms with E-state index in [-0.39, 0.29) is 11.1 Å². The largest absolute Gasteiger partial charge is 0.394 e. The minimum atomic E-state index is -0.920. The van der Waals surface area contributed by atoms with Crippen LogP contribution in [-0.2, 0) is 6.42 Å². The molecule has 4 rings (SSSR count). The van der Waals surface area contributed by atoms with E-state index >= 15 is 0 Å². The van der Waals surface area contributed by atoms with Crippen molar-refractivity contribution in [1.29, 1.82) is 0 Å². The fraction of sp³-hybridized carbons (Fsp3) is 0.0714. The average molecular weight is 437 g/mol. The van der Waals surface area contributed by atoms with Crippen LogP contribution < -0.4 is 11.2 Å². The first-order valence-corrected chi connectivity index (χ1v) is 10.4. The molecule has 0 unspecified atom stereocenters. The number of hydrogen-bond acceptors (Lipinski definition) is 1. The molecular weight excluding hydrogens is 418 g/mol. The first-order chi connectivity index (χ1) is 15.9. The minimum absolute atomic E-state index is 0.0887. The van der Waals surface area contributed by atoms with Crippen molar-refractivity contribution in [2.45, 2.75) is 13.3 Å². The second-order valence-electron chi connectivity index (χ2n) is 7.65. The lowest BCUT2D eigenvalue weighted by Crippen LogP contribution is -1.99. The Bertz CT molecular complexity index is 1380. The second-order valence-corrected chi connectivity index (χ2v) is 7.65. The van der Waals surface area contributed by atoms with Crippen molar-refractivity contribution >= 4 is 19.0 Å². The topological polar surface area (TPSA) is 26.0 Å². The molecule has 0 bridgehead atoms. The highest BCUT2D eigenvalue weighted by molar-refractivity contribution is 6.32. The summed E-state index contributed by atoms with van der Waals surface area (Å²) in [5, 5.41) is 0. The molecule has 33 heavy (non-hydrogen) atoms. The summed E-state index contributed by atoms with van der Waals surface area (Å²) in [5.41, 5.74) is 9.86. The van der Waals surface area contributed by atoms with Gasteiger partial charge in [0.05, 0.1) is 0 Å². The highest BCUT2D eigenvalue weighted by Gasteiger charge is 2.13. The summed E-state index contributed by atoms with van der Waals surface area (Å²) in [4.78, 5) is 0. The third-order valence-electron chi connectivity index (χ3n) is 5.43. The maximum absolute atomic E-state index is 14.9. The van der Waals surface area contributed by atoms with Gasteiger partial charge in [-0.3, -0.25) is 0 Å². The number of rotatable bonds is 3. The van der Waals surface area contributed by atoms with Crippen LogP contribution in [0, 0.1) is 29.3 Å².